The van der Waals surface area contributed by atoms with Gasteiger partial charge in [-0.2, -0.15) is 0 Å². The molecule has 0 heterocycles. The highest BCUT2D eigenvalue weighted by Crippen LogP contribution is 2.21. The Morgan fingerprint density at radius 1 is 0.944 bits per heavy atom. The van der Waals surface area contributed by atoms with Crippen molar-refractivity contribution in [1.82, 2.24) is 0 Å². The summed E-state index contributed by atoms with van der Waals surface area (Å²) in [4.78, 5) is 0. The third-order valence-electron chi connectivity index (χ3n) is 2.23. The lowest BCUT2D eigenvalue weighted by Crippen LogP contribution is -1.97. The first-order valence-electron chi connectivity index (χ1n) is 5.07. The summed E-state index contributed by atoms with van der Waals surface area (Å²) in [5.41, 5.74) is 0.467. The highest BCUT2D eigenvalue weighted by molar-refractivity contribution is 9.10. The Morgan fingerprint density at radius 3 is 2.39 bits per heavy atom. The van der Waals surface area contributed by atoms with E-state index in [4.69, 9.17) is 4.74 Å². The molecule has 0 amide bonds. The van der Waals surface area contributed by atoms with E-state index in [1.807, 2.05) is 0 Å². The molecule has 5 heteroatoms. The topological polar surface area (TPSA) is 9.23 Å². The Hall–Kier alpha value is -1.49. The fraction of sp³-hybridized carbons (Fsp3) is 0.0769. The highest BCUT2D eigenvalue weighted by atomic mass is 79.9. The number of rotatable bonds is 3. The van der Waals surface area contributed by atoms with E-state index in [1.54, 1.807) is 6.07 Å². The number of hydrogen-bond donors (Lipinski definition) is 0. The molecule has 0 spiro atoms. The first-order chi connectivity index (χ1) is 8.54. The number of hydrogen-bond acceptors (Lipinski definition) is 1. The summed E-state index contributed by atoms with van der Waals surface area (Å²) in [6, 6.07) is 7.57. The summed E-state index contributed by atoms with van der Waals surface area (Å²) in [5, 5.41) is 0. The van der Waals surface area contributed by atoms with Crippen LogP contribution in [-0.2, 0) is 6.61 Å². The maximum atomic E-state index is 13.1. The molecule has 1 nitrogen and oxygen atoms in total. The molecule has 2 aromatic rings. The molecule has 2 rings (SSSR count). The molecule has 0 aromatic heterocycles. The van der Waals surface area contributed by atoms with Crippen molar-refractivity contribution in [3.63, 3.8) is 0 Å². The van der Waals surface area contributed by atoms with E-state index in [2.05, 4.69) is 15.9 Å². The second-order valence-electron chi connectivity index (χ2n) is 3.64. The van der Waals surface area contributed by atoms with Crippen LogP contribution in [0.15, 0.2) is 40.9 Å². The molecule has 0 aliphatic carbocycles. The van der Waals surface area contributed by atoms with Crippen LogP contribution in [0.1, 0.15) is 5.56 Å². The van der Waals surface area contributed by atoms with Crippen LogP contribution >= 0.6 is 15.9 Å². The summed E-state index contributed by atoms with van der Waals surface area (Å²) in [5.74, 6) is -1.97. The van der Waals surface area contributed by atoms with Gasteiger partial charge in [0.25, 0.3) is 0 Å². The lowest BCUT2D eigenvalue weighted by Gasteiger charge is -2.07. The minimum absolute atomic E-state index is 0.0348. The number of halogens is 4. The minimum Gasteiger partial charge on any atom is -0.489 e. The predicted molar refractivity (Wildman–Crippen MR) is 64.8 cm³/mol. The van der Waals surface area contributed by atoms with Gasteiger partial charge in [0.15, 0.2) is 11.6 Å². The maximum Gasteiger partial charge on any atom is 0.159 e. The summed E-state index contributed by atoms with van der Waals surface area (Å²) in [6.07, 6.45) is 0. The Morgan fingerprint density at radius 2 is 1.72 bits per heavy atom. The Labute approximate surface area is 110 Å². The van der Waals surface area contributed by atoms with Gasteiger partial charge in [0.1, 0.15) is 18.2 Å². The molecule has 0 saturated heterocycles. The normalized spacial score (nSPS) is 10.4. The standard InChI is InChI=1S/C13H8BrF3O/c14-9-4-10(15)6-11(5-9)18-7-8-1-2-12(16)13(17)3-8/h1-6H,7H2. The molecule has 0 saturated carbocycles. The van der Waals surface area contributed by atoms with E-state index in [0.29, 0.717) is 15.8 Å². The zero-order chi connectivity index (χ0) is 13.1. The van der Waals surface area contributed by atoms with Gasteiger partial charge in [-0.1, -0.05) is 22.0 Å². The summed E-state index contributed by atoms with van der Waals surface area (Å²) in [7, 11) is 0. The molecule has 0 radical (unpaired) electrons. The van der Waals surface area contributed by atoms with Gasteiger partial charge in [-0.25, -0.2) is 13.2 Å². The molecule has 0 atom stereocenters. The van der Waals surface area contributed by atoms with E-state index >= 15 is 0 Å². The first-order valence-corrected chi connectivity index (χ1v) is 5.87. The Balaban J connectivity index is 2.08. The van der Waals surface area contributed by atoms with Crippen molar-refractivity contribution in [2.24, 2.45) is 0 Å². The van der Waals surface area contributed by atoms with Crippen molar-refractivity contribution in [3.05, 3.63) is 63.9 Å². The fourth-order valence-corrected chi connectivity index (χ4v) is 1.85. The average Bonchev–Trinajstić information content (AvgIpc) is 2.29. The van der Waals surface area contributed by atoms with Crippen LogP contribution in [-0.4, -0.2) is 0 Å². The molecule has 0 bridgehead atoms. The summed E-state index contributed by atoms with van der Waals surface area (Å²) < 4.78 is 44.5. The lowest BCUT2D eigenvalue weighted by molar-refractivity contribution is 0.303. The molecule has 0 aliphatic rings. The highest BCUT2D eigenvalue weighted by Gasteiger charge is 2.04. The number of benzene rings is 2. The average molecular weight is 317 g/mol. The van der Waals surface area contributed by atoms with Gasteiger partial charge in [-0.05, 0) is 29.8 Å². The van der Waals surface area contributed by atoms with Crippen LogP contribution < -0.4 is 4.74 Å². The Kier molecular flexibility index (Phi) is 3.91. The maximum absolute atomic E-state index is 13.1. The molecule has 0 N–H and O–H groups in total. The van der Waals surface area contributed by atoms with E-state index in [-0.39, 0.29) is 6.61 Å². The van der Waals surface area contributed by atoms with E-state index in [1.165, 1.54) is 18.2 Å². The molecule has 0 fully saturated rings. The van der Waals surface area contributed by atoms with Crippen molar-refractivity contribution in [1.29, 1.82) is 0 Å². The molecule has 0 aliphatic heterocycles. The molecular formula is C13H8BrF3O. The monoisotopic (exact) mass is 316 g/mol. The van der Waals surface area contributed by atoms with E-state index in [9.17, 15) is 13.2 Å². The van der Waals surface area contributed by atoms with Crippen molar-refractivity contribution in [2.45, 2.75) is 6.61 Å². The van der Waals surface area contributed by atoms with Crippen LogP contribution in [0.2, 0.25) is 0 Å². The minimum atomic E-state index is -0.934. The van der Waals surface area contributed by atoms with E-state index < -0.39 is 17.5 Å². The van der Waals surface area contributed by atoms with E-state index in [0.717, 1.165) is 12.1 Å². The van der Waals surface area contributed by atoms with Crippen LogP contribution in [0.25, 0.3) is 0 Å². The van der Waals surface area contributed by atoms with Crippen molar-refractivity contribution in [3.8, 4) is 5.75 Å². The quantitative estimate of drug-likeness (QED) is 0.813. The van der Waals surface area contributed by atoms with Crippen molar-refractivity contribution < 1.29 is 17.9 Å². The zero-order valence-corrected chi connectivity index (χ0v) is 10.7. The van der Waals surface area contributed by atoms with Gasteiger partial charge in [-0.15, -0.1) is 0 Å². The molecule has 2 aromatic carbocycles. The fourth-order valence-electron chi connectivity index (χ4n) is 1.41. The smallest absolute Gasteiger partial charge is 0.159 e. The van der Waals surface area contributed by atoms with Gasteiger partial charge in [0.2, 0.25) is 0 Å². The van der Waals surface area contributed by atoms with Gasteiger partial charge in [0, 0.05) is 10.5 Å². The third kappa shape index (κ3) is 3.26. The SMILES string of the molecule is Fc1cc(Br)cc(OCc2ccc(F)c(F)c2)c1. The van der Waals surface area contributed by atoms with Gasteiger partial charge in [0.05, 0.1) is 0 Å². The van der Waals surface area contributed by atoms with Crippen molar-refractivity contribution >= 4 is 15.9 Å². The molecule has 0 unspecified atom stereocenters. The third-order valence-corrected chi connectivity index (χ3v) is 2.68. The second-order valence-corrected chi connectivity index (χ2v) is 4.56. The molecule has 94 valence electrons. The second kappa shape index (κ2) is 5.44. The van der Waals surface area contributed by atoms with Crippen LogP contribution in [0.3, 0.4) is 0 Å². The van der Waals surface area contributed by atoms with Gasteiger partial charge >= 0.3 is 0 Å². The Bertz CT molecular complexity index is 552. The predicted octanol–water partition coefficient (Wildman–Crippen LogP) is 4.45. The van der Waals surface area contributed by atoms with Crippen LogP contribution in [0.5, 0.6) is 5.75 Å². The lowest BCUT2D eigenvalue weighted by atomic mass is 10.2. The zero-order valence-electron chi connectivity index (χ0n) is 9.09. The van der Waals surface area contributed by atoms with Crippen LogP contribution in [0, 0.1) is 17.5 Å². The summed E-state index contributed by atoms with van der Waals surface area (Å²) >= 11 is 3.13. The van der Waals surface area contributed by atoms with Crippen LogP contribution in [0.4, 0.5) is 13.2 Å². The largest absolute Gasteiger partial charge is 0.489 e. The van der Waals surface area contributed by atoms with Crippen molar-refractivity contribution in [2.75, 3.05) is 0 Å². The van der Waals surface area contributed by atoms with Gasteiger partial charge in [-0.3, -0.25) is 0 Å². The first kappa shape index (κ1) is 13.0. The molecular weight excluding hydrogens is 309 g/mol. The molecule has 18 heavy (non-hydrogen) atoms. The van der Waals surface area contributed by atoms with Gasteiger partial charge < -0.3 is 4.74 Å². The summed E-state index contributed by atoms with van der Waals surface area (Å²) in [6.45, 7) is 0.0348. The number of ether oxygens (including phenoxy) is 1.